The number of hydrogen-bond acceptors (Lipinski definition) is 3. The van der Waals surface area contributed by atoms with Gasteiger partial charge >= 0.3 is 0 Å². The topological polar surface area (TPSA) is 106 Å². The molecular weight excluding hydrogens is 460 g/mol. The molecule has 5 heteroatoms. The average molecular weight is 483 g/mol. The van der Waals surface area contributed by atoms with Crippen molar-refractivity contribution < 1.29 is 14.7 Å². The highest BCUT2D eigenvalue weighted by Gasteiger charge is 2.27. The molecule has 0 aliphatic heterocycles. The van der Waals surface area contributed by atoms with Crippen molar-refractivity contribution in [2.24, 2.45) is 11.5 Å². The number of carbonyl (C=O) groups is 2. The van der Waals surface area contributed by atoms with Crippen molar-refractivity contribution >= 4 is 11.8 Å². The molecule has 0 unspecified atom stereocenters. The van der Waals surface area contributed by atoms with Gasteiger partial charge in [-0.25, -0.2) is 0 Å². The largest absolute Gasteiger partial charge is 0.507 e. The molecule has 5 N–H and O–H groups in total. The first-order valence-electron chi connectivity index (χ1n) is 11.8. The first kappa shape index (κ1) is 22.3. The van der Waals surface area contributed by atoms with Gasteiger partial charge in [-0.15, -0.1) is 0 Å². The number of phenolic OH excluding ortho intramolecular Hbond substituents is 1. The van der Waals surface area contributed by atoms with Gasteiger partial charge in [0.15, 0.2) is 0 Å². The lowest BCUT2D eigenvalue weighted by Crippen LogP contribution is -2.16. The van der Waals surface area contributed by atoms with E-state index in [2.05, 4.69) is 12.1 Å². The lowest BCUT2D eigenvalue weighted by Gasteiger charge is -2.27. The number of amides is 2. The van der Waals surface area contributed by atoms with Gasteiger partial charge in [0.2, 0.25) is 11.8 Å². The van der Waals surface area contributed by atoms with E-state index in [0.29, 0.717) is 22.4 Å². The molecule has 0 fully saturated rings. The van der Waals surface area contributed by atoms with E-state index in [-0.39, 0.29) is 0 Å². The summed E-state index contributed by atoms with van der Waals surface area (Å²) in [5.41, 5.74) is 22.2. The van der Waals surface area contributed by atoms with E-state index in [9.17, 15) is 14.7 Å². The van der Waals surface area contributed by atoms with Gasteiger partial charge in [-0.05, 0) is 74.3 Å². The Kier molecular flexibility index (Phi) is 5.13. The van der Waals surface area contributed by atoms with E-state index in [1.807, 2.05) is 66.7 Å². The van der Waals surface area contributed by atoms with Gasteiger partial charge in [-0.2, -0.15) is 0 Å². The summed E-state index contributed by atoms with van der Waals surface area (Å²) >= 11 is 0. The molecule has 0 spiro atoms. The monoisotopic (exact) mass is 482 g/mol. The molecular formula is C32H22N2O3. The summed E-state index contributed by atoms with van der Waals surface area (Å²) in [5, 5.41) is 9.60. The van der Waals surface area contributed by atoms with Crippen molar-refractivity contribution in [3.05, 3.63) is 114 Å². The number of carbonyl (C=O) groups excluding carboxylic acids is 2. The van der Waals surface area contributed by atoms with Crippen LogP contribution in [0.2, 0.25) is 0 Å². The summed E-state index contributed by atoms with van der Waals surface area (Å²) in [4.78, 5) is 23.4. The van der Waals surface area contributed by atoms with Crippen LogP contribution in [0.5, 0.6) is 5.75 Å². The summed E-state index contributed by atoms with van der Waals surface area (Å²) in [6.07, 6.45) is 0. The van der Waals surface area contributed by atoms with Crippen LogP contribution in [0.1, 0.15) is 20.7 Å². The van der Waals surface area contributed by atoms with E-state index in [4.69, 9.17) is 11.5 Å². The first-order valence-corrected chi connectivity index (χ1v) is 11.8. The predicted octanol–water partition coefficient (Wildman–Crippen LogP) is 6.24. The third-order valence-corrected chi connectivity index (χ3v) is 6.94. The Morgan fingerprint density at radius 1 is 0.486 bits per heavy atom. The van der Waals surface area contributed by atoms with Crippen LogP contribution in [0, 0.1) is 0 Å². The molecule has 0 saturated heterocycles. The third-order valence-electron chi connectivity index (χ3n) is 6.94. The van der Waals surface area contributed by atoms with Gasteiger partial charge in [0.1, 0.15) is 5.75 Å². The second kappa shape index (κ2) is 8.50. The van der Waals surface area contributed by atoms with Crippen molar-refractivity contribution in [1.82, 2.24) is 0 Å². The molecule has 5 aromatic carbocycles. The molecule has 5 nitrogen and oxygen atoms in total. The van der Waals surface area contributed by atoms with Crippen LogP contribution in [-0.4, -0.2) is 16.9 Å². The number of aromatic hydroxyl groups is 1. The molecule has 2 amide bonds. The molecule has 2 aliphatic rings. The van der Waals surface area contributed by atoms with Crippen LogP contribution >= 0.6 is 0 Å². The Morgan fingerprint density at radius 2 is 0.973 bits per heavy atom. The fourth-order valence-corrected chi connectivity index (χ4v) is 5.22. The summed E-state index contributed by atoms with van der Waals surface area (Å²) in [5.74, 6) is -0.690. The normalized spacial score (nSPS) is 11.2. The van der Waals surface area contributed by atoms with Crippen molar-refractivity contribution in [3.63, 3.8) is 0 Å². The predicted molar refractivity (Wildman–Crippen MR) is 146 cm³/mol. The quantitative estimate of drug-likeness (QED) is 0.278. The highest BCUT2D eigenvalue weighted by Crippen LogP contribution is 2.52. The highest BCUT2D eigenvalue weighted by molar-refractivity contribution is 6.12. The highest BCUT2D eigenvalue weighted by atomic mass is 16.3. The van der Waals surface area contributed by atoms with Gasteiger partial charge in [0.05, 0.1) is 0 Å². The van der Waals surface area contributed by atoms with E-state index in [0.717, 1.165) is 38.9 Å². The zero-order chi connectivity index (χ0) is 25.7. The molecule has 37 heavy (non-hydrogen) atoms. The minimum atomic E-state index is -0.539. The van der Waals surface area contributed by atoms with Crippen molar-refractivity contribution in [2.45, 2.75) is 0 Å². The van der Waals surface area contributed by atoms with Crippen molar-refractivity contribution in [3.8, 4) is 61.4 Å². The summed E-state index contributed by atoms with van der Waals surface area (Å²) in [6.45, 7) is 0. The Labute approximate surface area is 213 Å². The van der Waals surface area contributed by atoms with Gasteiger partial charge < -0.3 is 16.6 Å². The molecule has 0 atom stereocenters. The standard InChI is InChI=1S/C20H14N2O2.C12H8O/c21-19(23)11-8-9-16(20(22)24)17(10-11)15-7-3-6-14-12-4-1-2-5-13(12)18(14)15;13-11-7-3-6-10-8-4-1-2-5-9(8)12(10)11/h1-10H,(H2,21,23)(H2,22,24);1-7,13H. The van der Waals surface area contributed by atoms with Gasteiger partial charge in [0.25, 0.3) is 0 Å². The van der Waals surface area contributed by atoms with Crippen LogP contribution in [0.25, 0.3) is 55.6 Å². The number of fused-ring (bicyclic) bond motifs is 8. The number of rotatable bonds is 3. The number of benzene rings is 5. The number of nitrogens with two attached hydrogens (primary N) is 2. The van der Waals surface area contributed by atoms with Crippen LogP contribution in [-0.2, 0) is 0 Å². The molecule has 0 bridgehead atoms. The number of hydrogen-bond donors (Lipinski definition) is 3. The molecule has 2 aliphatic carbocycles. The minimum absolute atomic E-state index is 0.347. The Hall–Kier alpha value is -5.16. The zero-order valence-corrected chi connectivity index (χ0v) is 19.7. The molecule has 0 heterocycles. The molecule has 7 rings (SSSR count). The molecule has 0 radical (unpaired) electrons. The summed E-state index contributed by atoms with van der Waals surface area (Å²) in [7, 11) is 0. The van der Waals surface area contributed by atoms with E-state index in [1.54, 1.807) is 18.2 Å². The molecule has 0 saturated carbocycles. The Bertz CT molecular complexity index is 1750. The SMILES string of the molecule is NC(=O)c1ccc(C(N)=O)c(-c2cccc3c2-c2ccccc2-3)c1.Oc1cccc2c1-c1ccccc1-2. The maximum atomic E-state index is 11.8. The lowest BCUT2D eigenvalue weighted by molar-refractivity contribution is 0.0989. The van der Waals surface area contributed by atoms with E-state index < -0.39 is 11.8 Å². The smallest absolute Gasteiger partial charge is 0.249 e. The third kappa shape index (κ3) is 3.48. The number of phenols is 1. The Morgan fingerprint density at radius 3 is 1.57 bits per heavy atom. The number of primary amides is 2. The van der Waals surface area contributed by atoms with Gasteiger partial charge in [-0.1, -0.05) is 78.9 Å². The van der Waals surface area contributed by atoms with E-state index >= 15 is 0 Å². The van der Waals surface area contributed by atoms with Crippen LogP contribution in [0.4, 0.5) is 0 Å². The van der Waals surface area contributed by atoms with Gasteiger partial charge in [0, 0.05) is 16.7 Å². The average Bonchev–Trinajstić information content (AvgIpc) is 2.89. The maximum Gasteiger partial charge on any atom is 0.249 e. The fourth-order valence-electron chi connectivity index (χ4n) is 5.22. The van der Waals surface area contributed by atoms with Crippen LogP contribution in [0.15, 0.2) is 103 Å². The second-order valence-electron chi connectivity index (χ2n) is 9.01. The minimum Gasteiger partial charge on any atom is -0.507 e. The van der Waals surface area contributed by atoms with Crippen LogP contribution < -0.4 is 11.5 Å². The molecule has 0 aromatic heterocycles. The fraction of sp³-hybridized carbons (Fsp3) is 0. The van der Waals surface area contributed by atoms with Crippen molar-refractivity contribution in [2.75, 3.05) is 0 Å². The summed E-state index contributed by atoms with van der Waals surface area (Å²) < 4.78 is 0. The zero-order valence-electron chi connectivity index (χ0n) is 19.7. The van der Waals surface area contributed by atoms with Crippen LogP contribution in [0.3, 0.4) is 0 Å². The lowest BCUT2D eigenvalue weighted by atomic mass is 9.76. The van der Waals surface area contributed by atoms with Crippen molar-refractivity contribution in [1.29, 1.82) is 0 Å². The molecule has 178 valence electrons. The van der Waals surface area contributed by atoms with Gasteiger partial charge in [-0.3, -0.25) is 9.59 Å². The molecule has 5 aromatic rings. The maximum absolute atomic E-state index is 11.8. The first-order chi connectivity index (χ1) is 18.0. The Balaban J connectivity index is 0.000000162. The summed E-state index contributed by atoms with van der Waals surface area (Å²) in [6, 6.07) is 32.5. The second-order valence-corrected chi connectivity index (χ2v) is 9.01. The van der Waals surface area contributed by atoms with E-state index in [1.165, 1.54) is 17.2 Å².